The van der Waals surface area contributed by atoms with E-state index in [9.17, 15) is 23.3 Å². The van der Waals surface area contributed by atoms with Gasteiger partial charge >= 0.3 is 11.9 Å². The Labute approximate surface area is 119 Å². The minimum Gasteiger partial charge on any atom is -0.487 e. The maximum atomic E-state index is 12.5. The van der Waals surface area contributed by atoms with E-state index in [0.717, 1.165) is 12.1 Å². The number of nitro benzene ring substituents is 1. The molecule has 0 radical (unpaired) electrons. The number of alkyl halides is 3. The molecule has 0 unspecified atom stereocenters. The average molecular weight is 302 g/mol. The van der Waals surface area contributed by atoms with Crippen LogP contribution in [0, 0.1) is 26.9 Å². The summed E-state index contributed by atoms with van der Waals surface area (Å²) in [5.41, 5.74) is -2.54. The lowest BCUT2D eigenvalue weighted by Gasteiger charge is -2.15. The molecule has 0 saturated heterocycles. The Balaban J connectivity index is 2.93. The molecule has 0 saturated carbocycles. The van der Waals surface area contributed by atoms with Crippen molar-refractivity contribution in [1.82, 2.24) is 0 Å². The van der Waals surface area contributed by atoms with Gasteiger partial charge in [-0.25, -0.2) is 0 Å². The first kappa shape index (κ1) is 16.8. The van der Waals surface area contributed by atoms with E-state index in [0.29, 0.717) is 12.5 Å². The molecule has 5 nitrogen and oxygen atoms in total. The first-order valence-corrected chi connectivity index (χ1v) is 5.96. The topological polar surface area (TPSA) is 76.2 Å². The minimum atomic E-state index is -4.66. The molecular formula is C13H13F3N2O3. The van der Waals surface area contributed by atoms with Crippen LogP contribution in [0.4, 0.5) is 18.9 Å². The Morgan fingerprint density at radius 2 is 2.00 bits per heavy atom. The monoisotopic (exact) mass is 302 g/mol. The Morgan fingerprint density at radius 3 is 2.48 bits per heavy atom. The molecule has 21 heavy (non-hydrogen) atoms. The smallest absolute Gasteiger partial charge is 0.416 e. The number of benzene rings is 1. The van der Waals surface area contributed by atoms with Crippen molar-refractivity contribution in [3.8, 4) is 11.8 Å². The van der Waals surface area contributed by atoms with Crippen LogP contribution in [0.1, 0.15) is 25.8 Å². The van der Waals surface area contributed by atoms with Crippen molar-refractivity contribution in [3.05, 3.63) is 33.9 Å². The van der Waals surface area contributed by atoms with E-state index in [1.54, 1.807) is 13.8 Å². The van der Waals surface area contributed by atoms with Crippen LogP contribution in [0.15, 0.2) is 18.2 Å². The van der Waals surface area contributed by atoms with Gasteiger partial charge < -0.3 is 4.74 Å². The molecule has 0 aliphatic rings. The van der Waals surface area contributed by atoms with Crippen LogP contribution >= 0.6 is 0 Å². The van der Waals surface area contributed by atoms with Crippen molar-refractivity contribution in [3.63, 3.8) is 0 Å². The molecule has 1 rings (SSSR count). The molecule has 1 aromatic carbocycles. The molecule has 0 bridgehead atoms. The van der Waals surface area contributed by atoms with Gasteiger partial charge in [0.15, 0.2) is 5.75 Å². The maximum absolute atomic E-state index is 12.5. The highest BCUT2D eigenvalue weighted by Gasteiger charge is 2.33. The molecule has 1 aromatic rings. The summed E-state index contributed by atoms with van der Waals surface area (Å²) in [5.74, 6) is -0.248. The van der Waals surface area contributed by atoms with E-state index in [-0.39, 0.29) is 12.4 Å². The Hall–Kier alpha value is -2.30. The molecule has 0 N–H and O–H groups in total. The second-order valence-electron chi connectivity index (χ2n) is 5.03. The van der Waals surface area contributed by atoms with E-state index in [4.69, 9.17) is 10.00 Å². The fraction of sp³-hybridized carbons (Fsp3) is 0.462. The normalized spacial score (nSPS) is 11.8. The second-order valence-corrected chi connectivity index (χ2v) is 5.03. The summed E-state index contributed by atoms with van der Waals surface area (Å²) >= 11 is 0. The van der Waals surface area contributed by atoms with Crippen LogP contribution in [0.2, 0.25) is 0 Å². The van der Waals surface area contributed by atoms with Gasteiger partial charge in [-0.3, -0.25) is 10.1 Å². The van der Waals surface area contributed by atoms with Gasteiger partial charge in [-0.1, -0.05) is 0 Å². The van der Waals surface area contributed by atoms with Gasteiger partial charge in [-0.2, -0.15) is 18.4 Å². The van der Waals surface area contributed by atoms with Crippen molar-refractivity contribution in [2.45, 2.75) is 26.4 Å². The fourth-order valence-corrected chi connectivity index (χ4v) is 1.43. The van der Waals surface area contributed by atoms with Crippen molar-refractivity contribution >= 4 is 5.69 Å². The molecular weight excluding hydrogens is 289 g/mol. The van der Waals surface area contributed by atoms with Crippen LogP contribution in [0.25, 0.3) is 0 Å². The summed E-state index contributed by atoms with van der Waals surface area (Å²) in [6.07, 6.45) is -4.37. The number of nitro groups is 1. The zero-order chi connectivity index (χ0) is 16.3. The zero-order valence-electron chi connectivity index (χ0n) is 11.4. The van der Waals surface area contributed by atoms with Crippen LogP contribution in [0.3, 0.4) is 0 Å². The molecule has 0 spiro atoms. The Morgan fingerprint density at radius 1 is 1.38 bits per heavy atom. The third-order valence-electron chi connectivity index (χ3n) is 2.77. The first-order valence-electron chi connectivity index (χ1n) is 5.96. The predicted molar refractivity (Wildman–Crippen MR) is 67.6 cm³/mol. The first-order chi connectivity index (χ1) is 9.57. The number of hydrogen-bond donors (Lipinski definition) is 0. The largest absolute Gasteiger partial charge is 0.487 e. The predicted octanol–water partition coefficient (Wildman–Crippen LogP) is 3.93. The van der Waals surface area contributed by atoms with Crippen molar-refractivity contribution < 1.29 is 22.8 Å². The van der Waals surface area contributed by atoms with Crippen LogP contribution in [-0.4, -0.2) is 11.5 Å². The summed E-state index contributed by atoms with van der Waals surface area (Å²) in [6, 6.07) is 4.10. The summed E-state index contributed by atoms with van der Waals surface area (Å²) < 4.78 is 42.7. The molecule has 0 atom stereocenters. The van der Waals surface area contributed by atoms with Gasteiger partial charge in [0.1, 0.15) is 0 Å². The third kappa shape index (κ3) is 4.63. The van der Waals surface area contributed by atoms with Crippen molar-refractivity contribution in [2.24, 2.45) is 5.41 Å². The molecule has 0 aliphatic carbocycles. The van der Waals surface area contributed by atoms with Crippen LogP contribution in [-0.2, 0) is 6.18 Å². The van der Waals surface area contributed by atoms with Gasteiger partial charge in [-0.15, -0.1) is 0 Å². The molecule has 0 aliphatic heterocycles. The minimum absolute atomic E-state index is 0.00718. The lowest BCUT2D eigenvalue weighted by Crippen LogP contribution is -2.14. The van der Waals surface area contributed by atoms with Gasteiger partial charge in [-0.05, 0) is 32.4 Å². The summed E-state index contributed by atoms with van der Waals surface area (Å²) in [7, 11) is 0. The highest BCUT2D eigenvalue weighted by molar-refractivity contribution is 5.49. The van der Waals surface area contributed by atoms with Crippen molar-refractivity contribution in [2.75, 3.05) is 6.61 Å². The quantitative estimate of drug-likeness (QED) is 0.610. The SMILES string of the molecule is CC(C)(C#N)CCOc1ccc(C(F)(F)F)cc1[N+](=O)[O-]. The maximum Gasteiger partial charge on any atom is 0.416 e. The van der Waals surface area contributed by atoms with Crippen molar-refractivity contribution in [1.29, 1.82) is 5.26 Å². The highest BCUT2D eigenvalue weighted by Crippen LogP contribution is 2.36. The van der Waals surface area contributed by atoms with Crippen LogP contribution in [0.5, 0.6) is 5.75 Å². The van der Waals surface area contributed by atoms with E-state index in [2.05, 4.69) is 0 Å². The molecule has 0 fully saturated rings. The molecule has 0 heterocycles. The zero-order valence-corrected chi connectivity index (χ0v) is 11.4. The molecule has 0 aromatic heterocycles. The number of nitriles is 1. The van der Waals surface area contributed by atoms with Crippen LogP contribution < -0.4 is 4.74 Å². The van der Waals surface area contributed by atoms with E-state index in [1.165, 1.54) is 0 Å². The lowest BCUT2D eigenvalue weighted by molar-refractivity contribution is -0.386. The Bertz CT molecular complexity index is 577. The fourth-order valence-electron chi connectivity index (χ4n) is 1.43. The standard InChI is InChI=1S/C13H13F3N2O3/c1-12(2,8-17)5-6-21-11-4-3-9(13(14,15)16)7-10(11)18(19)20/h3-4,7H,5-6H2,1-2H3. The molecule has 114 valence electrons. The average Bonchev–Trinajstić information content (AvgIpc) is 2.37. The highest BCUT2D eigenvalue weighted by atomic mass is 19.4. The third-order valence-corrected chi connectivity index (χ3v) is 2.77. The van der Waals surface area contributed by atoms with E-state index in [1.807, 2.05) is 6.07 Å². The number of ether oxygens (including phenoxy) is 1. The summed E-state index contributed by atoms with van der Waals surface area (Å²) in [6.45, 7) is 3.32. The second kappa shape index (κ2) is 5.99. The lowest BCUT2D eigenvalue weighted by atomic mass is 9.92. The molecule has 8 heteroatoms. The summed E-state index contributed by atoms with van der Waals surface area (Å²) in [4.78, 5) is 9.89. The van der Waals surface area contributed by atoms with Gasteiger partial charge in [0.2, 0.25) is 0 Å². The van der Waals surface area contributed by atoms with Gasteiger partial charge in [0.05, 0.1) is 28.6 Å². The number of hydrogen-bond acceptors (Lipinski definition) is 4. The number of halogens is 3. The van der Waals surface area contributed by atoms with Gasteiger partial charge in [0.25, 0.3) is 0 Å². The number of nitrogens with zero attached hydrogens (tertiary/aromatic N) is 2. The van der Waals surface area contributed by atoms with Gasteiger partial charge in [0, 0.05) is 6.07 Å². The number of rotatable bonds is 5. The summed E-state index contributed by atoms with van der Waals surface area (Å²) in [5, 5.41) is 19.6. The van der Waals surface area contributed by atoms with E-state index < -0.39 is 27.8 Å². The Kier molecular flexibility index (Phi) is 4.78. The van der Waals surface area contributed by atoms with E-state index >= 15 is 0 Å². The molecule has 0 amide bonds.